The number of hydrogen-bond acceptors (Lipinski definition) is 3. The van der Waals surface area contributed by atoms with Crippen LogP contribution in [0, 0.1) is 5.92 Å². The fourth-order valence-corrected chi connectivity index (χ4v) is 3.63. The van der Waals surface area contributed by atoms with Crippen molar-refractivity contribution >= 4 is 0 Å². The number of nitrogens with one attached hydrogen (secondary N) is 1. The summed E-state index contributed by atoms with van der Waals surface area (Å²) in [6.07, 6.45) is 3.72. The van der Waals surface area contributed by atoms with Crippen molar-refractivity contribution in [1.82, 2.24) is 5.32 Å². The molecular formula is C17H25NO2. The predicted molar refractivity (Wildman–Crippen MR) is 80.7 cm³/mol. The van der Waals surface area contributed by atoms with Crippen LogP contribution in [0.2, 0.25) is 0 Å². The lowest BCUT2D eigenvalue weighted by atomic mass is 9.59. The molecule has 0 radical (unpaired) electrons. The van der Waals surface area contributed by atoms with Crippen LogP contribution in [0.5, 0.6) is 11.5 Å². The lowest BCUT2D eigenvalue weighted by Crippen LogP contribution is -2.48. The summed E-state index contributed by atoms with van der Waals surface area (Å²) in [7, 11) is 0. The Bertz CT molecular complexity index is 466. The van der Waals surface area contributed by atoms with Gasteiger partial charge in [0.15, 0.2) is 11.5 Å². The lowest BCUT2D eigenvalue weighted by Gasteiger charge is -2.47. The van der Waals surface area contributed by atoms with Crippen molar-refractivity contribution in [3.63, 3.8) is 0 Å². The molecule has 0 saturated heterocycles. The van der Waals surface area contributed by atoms with Crippen LogP contribution in [-0.4, -0.2) is 26.3 Å². The molecular weight excluding hydrogens is 250 g/mol. The van der Waals surface area contributed by atoms with E-state index in [2.05, 4.69) is 37.4 Å². The molecule has 1 aromatic carbocycles. The first-order chi connectivity index (χ1) is 9.73. The van der Waals surface area contributed by atoms with Crippen LogP contribution in [0.25, 0.3) is 0 Å². The van der Waals surface area contributed by atoms with E-state index in [-0.39, 0.29) is 0 Å². The van der Waals surface area contributed by atoms with Gasteiger partial charge in [-0.1, -0.05) is 19.9 Å². The zero-order valence-electron chi connectivity index (χ0n) is 12.6. The van der Waals surface area contributed by atoms with Crippen LogP contribution >= 0.6 is 0 Å². The number of fused-ring (bicyclic) bond motifs is 1. The standard InChI is InChI=1S/C17H25NO2/c1-3-6-18-12-17(10-13(2)11-17)14-4-5-15-16(9-14)20-8-7-19-15/h4-5,9,13,18H,3,6-8,10-12H2,1-2H3. The maximum absolute atomic E-state index is 5.73. The molecule has 0 aromatic heterocycles. The van der Waals surface area contributed by atoms with Gasteiger partial charge in [-0.05, 0) is 49.4 Å². The Hall–Kier alpha value is -1.22. The van der Waals surface area contributed by atoms with Crippen molar-refractivity contribution in [2.24, 2.45) is 5.92 Å². The van der Waals surface area contributed by atoms with Crippen LogP contribution in [0.1, 0.15) is 38.7 Å². The summed E-state index contributed by atoms with van der Waals surface area (Å²) in [6.45, 7) is 8.05. The molecule has 1 aromatic rings. The van der Waals surface area contributed by atoms with Crippen molar-refractivity contribution < 1.29 is 9.47 Å². The van der Waals surface area contributed by atoms with Gasteiger partial charge in [-0.15, -0.1) is 0 Å². The van der Waals surface area contributed by atoms with E-state index in [0.717, 1.165) is 30.5 Å². The number of rotatable bonds is 5. The first-order valence-electron chi connectivity index (χ1n) is 7.84. The topological polar surface area (TPSA) is 30.5 Å². The first kappa shape index (κ1) is 13.7. The van der Waals surface area contributed by atoms with E-state index in [1.165, 1.54) is 24.8 Å². The Morgan fingerprint density at radius 3 is 2.65 bits per heavy atom. The molecule has 3 nitrogen and oxygen atoms in total. The summed E-state index contributed by atoms with van der Waals surface area (Å²) in [6, 6.07) is 6.51. The fourth-order valence-electron chi connectivity index (χ4n) is 3.63. The average molecular weight is 275 g/mol. The predicted octanol–water partition coefficient (Wildman–Crippen LogP) is 3.13. The maximum Gasteiger partial charge on any atom is 0.161 e. The van der Waals surface area contributed by atoms with Crippen molar-refractivity contribution in [2.75, 3.05) is 26.3 Å². The highest BCUT2D eigenvalue weighted by Crippen LogP contribution is 2.49. The van der Waals surface area contributed by atoms with Gasteiger partial charge < -0.3 is 14.8 Å². The monoisotopic (exact) mass is 275 g/mol. The van der Waals surface area contributed by atoms with Gasteiger partial charge in [-0.2, -0.15) is 0 Å². The van der Waals surface area contributed by atoms with Gasteiger partial charge in [0.25, 0.3) is 0 Å². The van der Waals surface area contributed by atoms with E-state index in [0.29, 0.717) is 18.6 Å². The van der Waals surface area contributed by atoms with E-state index in [1.807, 2.05) is 0 Å². The maximum atomic E-state index is 5.73. The van der Waals surface area contributed by atoms with Crippen LogP contribution in [0.15, 0.2) is 18.2 Å². The van der Waals surface area contributed by atoms with E-state index >= 15 is 0 Å². The summed E-state index contributed by atoms with van der Waals surface area (Å²) in [5, 5.41) is 3.60. The number of benzene rings is 1. The minimum Gasteiger partial charge on any atom is -0.486 e. The molecule has 1 heterocycles. The number of hydrogen-bond donors (Lipinski definition) is 1. The van der Waals surface area contributed by atoms with Gasteiger partial charge >= 0.3 is 0 Å². The summed E-state index contributed by atoms with van der Waals surface area (Å²) in [5.74, 6) is 2.64. The van der Waals surface area contributed by atoms with E-state index < -0.39 is 0 Å². The highest BCUT2D eigenvalue weighted by Gasteiger charge is 2.43. The third-order valence-electron chi connectivity index (χ3n) is 4.52. The Balaban J connectivity index is 1.80. The molecule has 0 atom stereocenters. The smallest absolute Gasteiger partial charge is 0.161 e. The van der Waals surface area contributed by atoms with E-state index in [1.54, 1.807) is 0 Å². The van der Waals surface area contributed by atoms with Crippen LogP contribution in [-0.2, 0) is 5.41 Å². The first-order valence-corrected chi connectivity index (χ1v) is 7.84. The summed E-state index contributed by atoms with van der Waals surface area (Å²) < 4.78 is 11.4. The van der Waals surface area contributed by atoms with Crippen molar-refractivity contribution in [1.29, 1.82) is 0 Å². The summed E-state index contributed by atoms with van der Waals surface area (Å²) in [4.78, 5) is 0. The molecule has 1 fully saturated rings. The highest BCUT2D eigenvalue weighted by molar-refractivity contribution is 5.47. The van der Waals surface area contributed by atoms with Crippen molar-refractivity contribution in [3.05, 3.63) is 23.8 Å². The zero-order valence-corrected chi connectivity index (χ0v) is 12.6. The second-order valence-electron chi connectivity index (χ2n) is 6.33. The zero-order chi connectivity index (χ0) is 14.0. The molecule has 0 bridgehead atoms. The van der Waals surface area contributed by atoms with Crippen molar-refractivity contribution in [2.45, 2.75) is 38.5 Å². The molecule has 0 amide bonds. The van der Waals surface area contributed by atoms with Gasteiger partial charge in [0, 0.05) is 12.0 Å². The Morgan fingerprint density at radius 1 is 1.20 bits per heavy atom. The molecule has 1 saturated carbocycles. The van der Waals surface area contributed by atoms with Gasteiger partial charge in [-0.25, -0.2) is 0 Å². The van der Waals surface area contributed by atoms with Crippen LogP contribution in [0.4, 0.5) is 0 Å². The van der Waals surface area contributed by atoms with Crippen molar-refractivity contribution in [3.8, 4) is 11.5 Å². The normalized spacial score (nSPS) is 28.0. The van der Waals surface area contributed by atoms with Gasteiger partial charge in [0.05, 0.1) is 0 Å². The Labute approximate surface area is 121 Å². The molecule has 2 aliphatic rings. The summed E-state index contributed by atoms with van der Waals surface area (Å²) in [5.41, 5.74) is 1.70. The van der Waals surface area contributed by atoms with E-state index in [9.17, 15) is 0 Å². The van der Waals surface area contributed by atoms with Crippen LogP contribution < -0.4 is 14.8 Å². The SMILES string of the molecule is CCCNCC1(c2ccc3c(c2)OCCO3)CC(C)C1. The quantitative estimate of drug-likeness (QED) is 0.838. The minimum absolute atomic E-state index is 0.296. The van der Waals surface area contributed by atoms with Crippen LogP contribution in [0.3, 0.4) is 0 Å². The average Bonchev–Trinajstić information content (AvgIpc) is 2.45. The summed E-state index contributed by atoms with van der Waals surface area (Å²) >= 11 is 0. The molecule has 20 heavy (non-hydrogen) atoms. The highest BCUT2D eigenvalue weighted by atomic mass is 16.6. The van der Waals surface area contributed by atoms with Gasteiger partial charge in [0.2, 0.25) is 0 Å². The lowest BCUT2D eigenvalue weighted by molar-refractivity contribution is 0.148. The molecule has 3 heteroatoms. The Morgan fingerprint density at radius 2 is 1.95 bits per heavy atom. The third-order valence-corrected chi connectivity index (χ3v) is 4.52. The molecule has 0 spiro atoms. The van der Waals surface area contributed by atoms with Gasteiger partial charge in [-0.3, -0.25) is 0 Å². The molecule has 0 unspecified atom stereocenters. The van der Waals surface area contributed by atoms with Gasteiger partial charge in [0.1, 0.15) is 13.2 Å². The minimum atomic E-state index is 0.296. The third kappa shape index (κ3) is 2.51. The fraction of sp³-hybridized carbons (Fsp3) is 0.647. The molecule has 110 valence electrons. The molecule has 3 rings (SSSR count). The largest absolute Gasteiger partial charge is 0.486 e. The second-order valence-corrected chi connectivity index (χ2v) is 6.33. The molecule has 1 N–H and O–H groups in total. The number of ether oxygens (including phenoxy) is 2. The molecule has 1 aliphatic carbocycles. The Kier molecular flexibility index (Phi) is 3.88. The van der Waals surface area contributed by atoms with E-state index in [4.69, 9.17) is 9.47 Å². The molecule has 1 aliphatic heterocycles. The second kappa shape index (κ2) is 5.65.